The molecule has 0 spiro atoms. The zero-order valence-corrected chi connectivity index (χ0v) is 15.5. The zero-order chi connectivity index (χ0) is 21.1. The molecule has 2 aromatic rings. The number of nitrogens with zero attached hydrogens (tertiary/aromatic N) is 1. The number of aliphatic hydroxyl groups excluding tert-OH is 1. The number of hydrogen-bond donors (Lipinski definition) is 3. The van der Waals surface area contributed by atoms with E-state index in [0.29, 0.717) is 17.8 Å². The van der Waals surface area contributed by atoms with Crippen molar-refractivity contribution in [2.45, 2.75) is 0 Å². The summed E-state index contributed by atoms with van der Waals surface area (Å²) in [7, 11) is 0. The fraction of sp³-hybridized carbons (Fsp3) is 0.105. The summed E-state index contributed by atoms with van der Waals surface area (Å²) >= 11 is 5.80. The highest BCUT2D eigenvalue weighted by Crippen LogP contribution is 2.23. The molecule has 0 bridgehead atoms. The van der Waals surface area contributed by atoms with E-state index in [1.54, 1.807) is 12.1 Å². The molecule has 0 radical (unpaired) electrons. The first-order valence-corrected chi connectivity index (χ1v) is 8.69. The van der Waals surface area contributed by atoms with Crippen LogP contribution in [-0.4, -0.2) is 40.9 Å². The lowest BCUT2D eigenvalue weighted by molar-refractivity contribution is -0.137. The van der Waals surface area contributed by atoms with Gasteiger partial charge in [0.15, 0.2) is 11.6 Å². The van der Waals surface area contributed by atoms with Gasteiger partial charge in [-0.15, -0.1) is 0 Å². The number of carbonyl (C=O) groups is 3. The van der Waals surface area contributed by atoms with E-state index in [-0.39, 0.29) is 35.1 Å². The molecule has 1 aliphatic rings. The number of β-amino-alcohol motifs (C(OH)–C–C–N with tert-alkyl or cyclic N) is 1. The molecular formula is C19H14ClF2N3O4. The van der Waals surface area contributed by atoms with Crippen LogP contribution >= 0.6 is 11.6 Å². The van der Waals surface area contributed by atoms with Gasteiger partial charge in [-0.05, 0) is 30.3 Å². The van der Waals surface area contributed by atoms with Crippen LogP contribution in [0.4, 0.5) is 20.2 Å². The van der Waals surface area contributed by atoms with Gasteiger partial charge in [0.25, 0.3) is 17.7 Å². The number of aliphatic hydroxyl groups is 1. The molecule has 1 aliphatic heterocycles. The fourth-order valence-corrected chi connectivity index (χ4v) is 2.87. The Morgan fingerprint density at radius 1 is 1.10 bits per heavy atom. The number of amides is 3. The number of rotatable bonds is 6. The van der Waals surface area contributed by atoms with Crippen LogP contribution in [0.1, 0.15) is 10.4 Å². The summed E-state index contributed by atoms with van der Waals surface area (Å²) in [4.78, 5) is 37.2. The van der Waals surface area contributed by atoms with E-state index < -0.39 is 29.4 Å². The van der Waals surface area contributed by atoms with Gasteiger partial charge in [-0.25, -0.2) is 8.78 Å². The molecular weight excluding hydrogens is 408 g/mol. The van der Waals surface area contributed by atoms with Crippen LogP contribution in [-0.2, 0) is 9.59 Å². The Bertz CT molecular complexity index is 1040. The first-order chi connectivity index (χ1) is 13.8. The Morgan fingerprint density at radius 2 is 1.79 bits per heavy atom. The number of benzene rings is 2. The molecule has 3 rings (SSSR count). The average Bonchev–Trinajstić information content (AvgIpc) is 2.92. The molecule has 2 aromatic carbocycles. The maximum absolute atomic E-state index is 13.4. The van der Waals surface area contributed by atoms with Crippen LogP contribution in [0.3, 0.4) is 0 Å². The van der Waals surface area contributed by atoms with Crippen molar-refractivity contribution in [2.75, 3.05) is 23.8 Å². The third kappa shape index (κ3) is 4.41. The SMILES string of the molecule is O=C(Nc1cccc(NC2=CC(=O)N(CCO)C2=O)c1)c1cc(F)c(F)cc1Cl. The van der Waals surface area contributed by atoms with Crippen molar-refractivity contribution in [1.29, 1.82) is 0 Å². The Balaban J connectivity index is 1.75. The topological polar surface area (TPSA) is 98.7 Å². The third-order valence-corrected chi connectivity index (χ3v) is 4.30. The normalized spacial score (nSPS) is 13.5. The summed E-state index contributed by atoms with van der Waals surface area (Å²) in [5.74, 6) is -4.28. The highest BCUT2D eigenvalue weighted by molar-refractivity contribution is 6.34. The molecule has 3 amide bonds. The van der Waals surface area contributed by atoms with Gasteiger partial charge in [-0.2, -0.15) is 0 Å². The molecule has 0 atom stereocenters. The largest absolute Gasteiger partial charge is 0.395 e. The third-order valence-electron chi connectivity index (χ3n) is 3.99. The van der Waals surface area contributed by atoms with E-state index >= 15 is 0 Å². The molecule has 0 saturated heterocycles. The van der Waals surface area contributed by atoms with E-state index in [4.69, 9.17) is 16.7 Å². The van der Waals surface area contributed by atoms with Gasteiger partial charge in [0.1, 0.15) is 5.70 Å². The van der Waals surface area contributed by atoms with Crippen molar-refractivity contribution in [3.8, 4) is 0 Å². The quantitative estimate of drug-likeness (QED) is 0.492. The highest BCUT2D eigenvalue weighted by atomic mass is 35.5. The predicted octanol–water partition coefficient (Wildman–Crippen LogP) is 2.53. The van der Waals surface area contributed by atoms with Crippen LogP contribution in [0.25, 0.3) is 0 Å². The van der Waals surface area contributed by atoms with Crippen LogP contribution in [0, 0.1) is 11.6 Å². The van der Waals surface area contributed by atoms with E-state index in [2.05, 4.69) is 10.6 Å². The second kappa shape index (κ2) is 8.38. The van der Waals surface area contributed by atoms with Crippen molar-refractivity contribution in [3.63, 3.8) is 0 Å². The Kier molecular flexibility index (Phi) is 5.90. The summed E-state index contributed by atoms with van der Waals surface area (Å²) in [6.07, 6.45) is 1.10. The van der Waals surface area contributed by atoms with E-state index in [1.165, 1.54) is 12.1 Å². The lowest BCUT2D eigenvalue weighted by atomic mass is 10.2. The van der Waals surface area contributed by atoms with E-state index in [9.17, 15) is 23.2 Å². The fourth-order valence-electron chi connectivity index (χ4n) is 2.64. The van der Waals surface area contributed by atoms with Crippen molar-refractivity contribution in [1.82, 2.24) is 4.90 Å². The van der Waals surface area contributed by atoms with Crippen LogP contribution < -0.4 is 10.6 Å². The van der Waals surface area contributed by atoms with E-state index in [0.717, 1.165) is 11.0 Å². The molecule has 0 aromatic heterocycles. The molecule has 3 N–H and O–H groups in total. The Labute approximate surface area is 168 Å². The van der Waals surface area contributed by atoms with Gasteiger partial charge in [-0.1, -0.05) is 17.7 Å². The minimum absolute atomic E-state index is 0.00979. The first-order valence-electron chi connectivity index (χ1n) is 8.31. The van der Waals surface area contributed by atoms with Crippen LogP contribution in [0.2, 0.25) is 5.02 Å². The van der Waals surface area contributed by atoms with Gasteiger partial charge in [0, 0.05) is 17.5 Å². The molecule has 10 heteroatoms. The number of nitrogens with one attached hydrogen (secondary N) is 2. The van der Waals surface area contributed by atoms with Crippen molar-refractivity contribution < 1.29 is 28.3 Å². The van der Waals surface area contributed by atoms with Gasteiger partial charge in [0.2, 0.25) is 0 Å². The highest BCUT2D eigenvalue weighted by Gasteiger charge is 2.30. The van der Waals surface area contributed by atoms with Crippen molar-refractivity contribution >= 4 is 40.7 Å². The summed E-state index contributed by atoms with van der Waals surface area (Å²) in [6.45, 7) is -0.475. The Hall–Kier alpha value is -3.30. The minimum Gasteiger partial charge on any atom is -0.395 e. The molecule has 0 saturated carbocycles. The second-order valence-electron chi connectivity index (χ2n) is 5.98. The first kappa shape index (κ1) is 20.4. The van der Waals surface area contributed by atoms with Gasteiger partial charge in [-0.3, -0.25) is 19.3 Å². The van der Waals surface area contributed by atoms with Gasteiger partial charge >= 0.3 is 0 Å². The maximum Gasteiger partial charge on any atom is 0.277 e. The van der Waals surface area contributed by atoms with Gasteiger partial charge < -0.3 is 15.7 Å². The predicted molar refractivity (Wildman–Crippen MR) is 101 cm³/mol. The summed E-state index contributed by atoms with van der Waals surface area (Å²) in [6, 6.07) is 7.56. The molecule has 29 heavy (non-hydrogen) atoms. The zero-order valence-electron chi connectivity index (χ0n) is 14.7. The number of anilines is 2. The van der Waals surface area contributed by atoms with Gasteiger partial charge in [0.05, 0.1) is 23.7 Å². The number of carbonyl (C=O) groups excluding carboxylic acids is 3. The minimum atomic E-state index is -1.21. The monoisotopic (exact) mass is 421 g/mol. The summed E-state index contributed by atoms with van der Waals surface area (Å²) < 4.78 is 26.6. The van der Waals surface area contributed by atoms with Crippen molar-refractivity contribution in [3.05, 3.63) is 70.4 Å². The number of halogens is 3. The van der Waals surface area contributed by atoms with E-state index in [1.807, 2.05) is 0 Å². The second-order valence-corrected chi connectivity index (χ2v) is 6.39. The molecule has 1 heterocycles. The molecule has 0 unspecified atom stereocenters. The average molecular weight is 422 g/mol. The molecule has 150 valence electrons. The Morgan fingerprint density at radius 3 is 2.52 bits per heavy atom. The molecule has 0 fully saturated rings. The molecule has 0 aliphatic carbocycles. The summed E-state index contributed by atoms with van der Waals surface area (Å²) in [5.41, 5.74) is 0.432. The summed E-state index contributed by atoms with van der Waals surface area (Å²) in [5, 5.41) is 13.9. The number of imide groups is 1. The van der Waals surface area contributed by atoms with Crippen LogP contribution in [0.15, 0.2) is 48.2 Å². The standard InChI is InChI=1S/C19H14ClF2N3O4/c20-13-8-15(22)14(21)7-12(13)18(28)24-11-3-1-2-10(6-11)23-16-9-17(27)25(4-5-26)19(16)29/h1-3,6-9,23,26H,4-5H2,(H,24,28). The van der Waals surface area contributed by atoms with Crippen molar-refractivity contribution in [2.24, 2.45) is 0 Å². The lowest BCUT2D eigenvalue weighted by Gasteiger charge is -2.14. The van der Waals surface area contributed by atoms with Crippen LogP contribution in [0.5, 0.6) is 0 Å². The molecule has 7 nitrogen and oxygen atoms in total. The smallest absolute Gasteiger partial charge is 0.277 e. The lowest BCUT2D eigenvalue weighted by Crippen LogP contribution is -2.34. The number of hydrogen-bond acceptors (Lipinski definition) is 5. The maximum atomic E-state index is 13.4.